The van der Waals surface area contributed by atoms with E-state index in [1.165, 1.54) is 0 Å². The molecule has 0 aliphatic carbocycles. The minimum absolute atomic E-state index is 0.711. The highest BCUT2D eigenvalue weighted by Crippen LogP contribution is 2.12. The molecular weight excluding hydrogens is 146 g/mol. The summed E-state index contributed by atoms with van der Waals surface area (Å²) in [4.78, 5) is 4.06. The zero-order valence-electron chi connectivity index (χ0n) is 5.55. The maximum absolute atomic E-state index is 5.79. The normalized spacial score (nSPS) is 9.30. The number of pyridine rings is 1. The minimum atomic E-state index is 0.711. The first kappa shape index (κ1) is 7.29. The van der Waals surface area contributed by atoms with Crippen molar-refractivity contribution >= 4 is 11.6 Å². The van der Waals surface area contributed by atoms with E-state index in [2.05, 4.69) is 11.6 Å². The summed E-state index contributed by atoms with van der Waals surface area (Å²) in [6, 6.07) is 3.64. The second-order valence-electron chi connectivity index (χ2n) is 1.92. The van der Waals surface area contributed by atoms with E-state index in [4.69, 9.17) is 11.6 Å². The van der Waals surface area contributed by atoms with Gasteiger partial charge in [-0.1, -0.05) is 17.7 Å². The highest BCUT2D eigenvalue weighted by Gasteiger charge is 1.95. The number of allylic oxidation sites excluding steroid dienone is 1. The molecule has 2 heteroatoms. The third-order valence-electron chi connectivity index (χ3n) is 1.17. The SMILES string of the molecule is C=CCc1ncccc1Cl. The molecule has 1 nitrogen and oxygen atoms in total. The van der Waals surface area contributed by atoms with Gasteiger partial charge in [0.2, 0.25) is 0 Å². The summed E-state index contributed by atoms with van der Waals surface area (Å²) in [5, 5.41) is 0.711. The number of hydrogen-bond donors (Lipinski definition) is 0. The van der Waals surface area contributed by atoms with Gasteiger partial charge in [-0.05, 0) is 12.1 Å². The summed E-state index contributed by atoms with van der Waals surface area (Å²) >= 11 is 5.79. The summed E-state index contributed by atoms with van der Waals surface area (Å²) in [6.45, 7) is 3.60. The van der Waals surface area contributed by atoms with Crippen molar-refractivity contribution in [3.8, 4) is 0 Å². The molecule has 0 saturated heterocycles. The Morgan fingerprint density at radius 2 is 2.50 bits per heavy atom. The Morgan fingerprint density at radius 1 is 1.70 bits per heavy atom. The lowest BCUT2D eigenvalue weighted by atomic mass is 10.3. The van der Waals surface area contributed by atoms with Crippen molar-refractivity contribution < 1.29 is 0 Å². The van der Waals surface area contributed by atoms with E-state index in [-0.39, 0.29) is 0 Å². The number of halogens is 1. The zero-order valence-corrected chi connectivity index (χ0v) is 6.30. The van der Waals surface area contributed by atoms with Crippen LogP contribution in [0.15, 0.2) is 31.0 Å². The second-order valence-corrected chi connectivity index (χ2v) is 2.33. The van der Waals surface area contributed by atoms with E-state index in [0.29, 0.717) is 5.02 Å². The van der Waals surface area contributed by atoms with Crippen LogP contribution < -0.4 is 0 Å². The summed E-state index contributed by atoms with van der Waals surface area (Å²) in [5.41, 5.74) is 0.888. The van der Waals surface area contributed by atoms with Gasteiger partial charge in [0.1, 0.15) is 0 Å². The molecule has 0 N–H and O–H groups in total. The lowest BCUT2D eigenvalue weighted by Gasteiger charge is -1.95. The van der Waals surface area contributed by atoms with Crippen molar-refractivity contribution in [3.63, 3.8) is 0 Å². The van der Waals surface area contributed by atoms with Crippen molar-refractivity contribution in [1.82, 2.24) is 4.98 Å². The Kier molecular flexibility index (Phi) is 2.46. The van der Waals surface area contributed by atoms with Gasteiger partial charge >= 0.3 is 0 Å². The molecule has 52 valence electrons. The van der Waals surface area contributed by atoms with Crippen LogP contribution in [0.4, 0.5) is 0 Å². The van der Waals surface area contributed by atoms with E-state index in [0.717, 1.165) is 12.1 Å². The fourth-order valence-corrected chi connectivity index (χ4v) is 0.904. The van der Waals surface area contributed by atoms with E-state index < -0.39 is 0 Å². The molecule has 0 atom stereocenters. The maximum atomic E-state index is 5.79. The highest BCUT2D eigenvalue weighted by atomic mass is 35.5. The smallest absolute Gasteiger partial charge is 0.0627 e. The van der Waals surface area contributed by atoms with Gasteiger partial charge in [0.05, 0.1) is 10.7 Å². The van der Waals surface area contributed by atoms with Crippen LogP contribution in [0.3, 0.4) is 0 Å². The van der Waals surface area contributed by atoms with Crippen LogP contribution in [0.2, 0.25) is 5.02 Å². The van der Waals surface area contributed by atoms with Crippen LogP contribution in [0, 0.1) is 0 Å². The summed E-state index contributed by atoms with van der Waals surface area (Å²) in [5.74, 6) is 0. The van der Waals surface area contributed by atoms with Crippen molar-refractivity contribution in [1.29, 1.82) is 0 Å². The van der Waals surface area contributed by atoms with E-state index >= 15 is 0 Å². The topological polar surface area (TPSA) is 12.9 Å². The molecule has 0 aliphatic heterocycles. The molecule has 1 aromatic rings. The lowest BCUT2D eigenvalue weighted by molar-refractivity contribution is 1.11. The van der Waals surface area contributed by atoms with Crippen LogP contribution in [-0.2, 0) is 6.42 Å². The zero-order chi connectivity index (χ0) is 7.40. The van der Waals surface area contributed by atoms with Gasteiger partial charge in [0.15, 0.2) is 0 Å². The maximum Gasteiger partial charge on any atom is 0.0627 e. The molecular formula is C8H8ClN. The van der Waals surface area contributed by atoms with Crippen molar-refractivity contribution in [2.45, 2.75) is 6.42 Å². The number of rotatable bonds is 2. The van der Waals surface area contributed by atoms with Gasteiger partial charge in [0.25, 0.3) is 0 Å². The number of nitrogens with zero attached hydrogens (tertiary/aromatic N) is 1. The van der Waals surface area contributed by atoms with Gasteiger partial charge in [-0.2, -0.15) is 0 Å². The summed E-state index contributed by atoms with van der Waals surface area (Å²) < 4.78 is 0. The molecule has 0 amide bonds. The van der Waals surface area contributed by atoms with Crippen molar-refractivity contribution in [2.24, 2.45) is 0 Å². The molecule has 0 spiro atoms. The van der Waals surface area contributed by atoms with E-state index in [1.54, 1.807) is 12.3 Å². The summed E-state index contributed by atoms with van der Waals surface area (Å²) in [7, 11) is 0. The monoisotopic (exact) mass is 153 g/mol. The summed E-state index contributed by atoms with van der Waals surface area (Å²) in [6.07, 6.45) is 4.25. The predicted molar refractivity (Wildman–Crippen MR) is 43.1 cm³/mol. The average Bonchev–Trinajstić information content (AvgIpc) is 1.94. The first-order chi connectivity index (χ1) is 4.84. The molecule has 1 heterocycles. The molecule has 0 aliphatic rings. The molecule has 0 fully saturated rings. The first-order valence-electron chi connectivity index (χ1n) is 3.05. The Bertz CT molecular complexity index is 232. The van der Waals surface area contributed by atoms with Gasteiger partial charge in [-0.25, -0.2) is 0 Å². The largest absolute Gasteiger partial charge is 0.259 e. The number of hydrogen-bond acceptors (Lipinski definition) is 1. The average molecular weight is 154 g/mol. The standard InChI is InChI=1S/C8H8ClN/c1-2-4-8-7(9)5-3-6-10-8/h2-3,5-6H,1,4H2. The van der Waals surface area contributed by atoms with Gasteiger partial charge < -0.3 is 0 Å². The third-order valence-corrected chi connectivity index (χ3v) is 1.52. The Morgan fingerprint density at radius 3 is 3.10 bits per heavy atom. The third kappa shape index (κ3) is 1.58. The van der Waals surface area contributed by atoms with Crippen LogP contribution in [0.25, 0.3) is 0 Å². The molecule has 0 aromatic carbocycles. The van der Waals surface area contributed by atoms with Crippen molar-refractivity contribution in [2.75, 3.05) is 0 Å². The van der Waals surface area contributed by atoms with Crippen molar-refractivity contribution in [3.05, 3.63) is 41.7 Å². The molecule has 0 unspecified atom stereocenters. The molecule has 1 aromatic heterocycles. The number of aromatic nitrogens is 1. The molecule has 10 heavy (non-hydrogen) atoms. The second kappa shape index (κ2) is 3.37. The van der Waals surface area contributed by atoms with Crippen LogP contribution in [0.1, 0.15) is 5.69 Å². The first-order valence-corrected chi connectivity index (χ1v) is 3.42. The minimum Gasteiger partial charge on any atom is -0.259 e. The molecule has 0 radical (unpaired) electrons. The van der Waals surface area contributed by atoms with Gasteiger partial charge in [-0.15, -0.1) is 6.58 Å². The Hall–Kier alpha value is -0.820. The van der Waals surface area contributed by atoms with Crippen LogP contribution in [0.5, 0.6) is 0 Å². The van der Waals surface area contributed by atoms with E-state index in [9.17, 15) is 0 Å². The van der Waals surface area contributed by atoms with Crippen LogP contribution >= 0.6 is 11.6 Å². The van der Waals surface area contributed by atoms with Crippen LogP contribution in [-0.4, -0.2) is 4.98 Å². The fraction of sp³-hybridized carbons (Fsp3) is 0.125. The molecule has 1 rings (SSSR count). The highest BCUT2D eigenvalue weighted by molar-refractivity contribution is 6.31. The van der Waals surface area contributed by atoms with Gasteiger partial charge in [-0.3, -0.25) is 4.98 Å². The predicted octanol–water partition coefficient (Wildman–Crippen LogP) is 2.46. The van der Waals surface area contributed by atoms with Gasteiger partial charge in [0, 0.05) is 12.6 Å². The lowest BCUT2D eigenvalue weighted by Crippen LogP contribution is -1.86. The Labute approximate surface area is 65.4 Å². The molecule has 0 bridgehead atoms. The fourth-order valence-electron chi connectivity index (χ4n) is 0.705. The Balaban J connectivity index is 2.91. The van der Waals surface area contributed by atoms with E-state index in [1.807, 2.05) is 12.1 Å². The molecule has 0 saturated carbocycles. The quantitative estimate of drug-likeness (QED) is 0.595.